The second kappa shape index (κ2) is 5.38. The molecule has 0 saturated carbocycles. The van der Waals surface area contributed by atoms with Gasteiger partial charge in [0.2, 0.25) is 0 Å². The summed E-state index contributed by atoms with van der Waals surface area (Å²) in [6.07, 6.45) is 1.67. The number of benzene rings is 1. The summed E-state index contributed by atoms with van der Waals surface area (Å²) in [5.74, 6) is -0.246. The smallest absolute Gasteiger partial charge is 0.255 e. The molecule has 0 fully saturated rings. The number of nitrogens with zero attached hydrogens (tertiary/aromatic N) is 1. The van der Waals surface area contributed by atoms with Gasteiger partial charge in [-0.1, -0.05) is 23.2 Å². The van der Waals surface area contributed by atoms with Gasteiger partial charge in [0.05, 0.1) is 21.4 Å². The second-order valence-electron chi connectivity index (χ2n) is 3.72. The molecule has 0 saturated heterocycles. The number of rotatable bonds is 2. The first-order valence-electron chi connectivity index (χ1n) is 5.26. The summed E-state index contributed by atoms with van der Waals surface area (Å²) in [7, 11) is 0. The maximum atomic E-state index is 12.0. The van der Waals surface area contributed by atoms with Crippen LogP contribution in [-0.4, -0.2) is 10.9 Å². The first-order chi connectivity index (χ1) is 8.58. The average Bonchev–Trinajstić information content (AvgIpc) is 2.35. The molecule has 1 aromatic carbocycles. The van der Waals surface area contributed by atoms with Crippen molar-refractivity contribution in [2.45, 2.75) is 6.92 Å². The number of nitrogens with one attached hydrogen (secondary N) is 1. The number of halogens is 2. The van der Waals surface area contributed by atoms with Crippen molar-refractivity contribution in [2.75, 3.05) is 5.32 Å². The third kappa shape index (κ3) is 2.81. The molecule has 1 amide bonds. The third-order valence-electron chi connectivity index (χ3n) is 2.44. The van der Waals surface area contributed by atoms with Crippen molar-refractivity contribution in [3.05, 3.63) is 57.8 Å². The van der Waals surface area contributed by atoms with Gasteiger partial charge in [0.25, 0.3) is 5.91 Å². The van der Waals surface area contributed by atoms with Gasteiger partial charge in [-0.05, 0) is 37.3 Å². The molecule has 0 spiro atoms. The lowest BCUT2D eigenvalue weighted by Gasteiger charge is -2.07. The largest absolute Gasteiger partial charge is 0.320 e. The van der Waals surface area contributed by atoms with Crippen LogP contribution >= 0.6 is 23.2 Å². The summed E-state index contributed by atoms with van der Waals surface area (Å²) >= 11 is 11.7. The number of carbonyl (C=O) groups excluding carboxylic acids is 1. The Morgan fingerprint density at radius 1 is 1.22 bits per heavy atom. The van der Waals surface area contributed by atoms with E-state index >= 15 is 0 Å². The lowest BCUT2D eigenvalue weighted by atomic mass is 10.2. The van der Waals surface area contributed by atoms with Gasteiger partial charge in [0.1, 0.15) is 0 Å². The van der Waals surface area contributed by atoms with Crippen molar-refractivity contribution in [3.8, 4) is 0 Å². The molecular formula is C13H10Cl2N2O. The van der Waals surface area contributed by atoms with E-state index in [4.69, 9.17) is 23.2 Å². The standard InChI is InChI=1S/C13H10Cl2N2O/c1-8-12(3-2-6-16-8)17-13(18)9-4-5-10(14)11(15)7-9/h2-7H,1H3,(H,17,18). The van der Waals surface area contributed by atoms with E-state index in [0.29, 0.717) is 21.3 Å². The van der Waals surface area contributed by atoms with E-state index < -0.39 is 0 Å². The molecule has 0 aliphatic rings. The highest BCUT2D eigenvalue weighted by molar-refractivity contribution is 6.42. The number of anilines is 1. The minimum atomic E-state index is -0.246. The summed E-state index contributed by atoms with van der Waals surface area (Å²) in [6, 6.07) is 8.30. The molecule has 0 unspecified atom stereocenters. The molecule has 0 atom stereocenters. The van der Waals surface area contributed by atoms with Crippen molar-refractivity contribution in [1.82, 2.24) is 4.98 Å². The molecule has 5 heteroatoms. The quantitative estimate of drug-likeness (QED) is 0.905. The van der Waals surface area contributed by atoms with Gasteiger partial charge in [0, 0.05) is 11.8 Å². The van der Waals surface area contributed by atoms with Crippen molar-refractivity contribution in [2.24, 2.45) is 0 Å². The lowest BCUT2D eigenvalue weighted by Crippen LogP contribution is -2.13. The second-order valence-corrected chi connectivity index (χ2v) is 4.53. The molecule has 0 aliphatic carbocycles. The SMILES string of the molecule is Cc1ncccc1NC(=O)c1ccc(Cl)c(Cl)c1. The van der Waals surface area contributed by atoms with Crippen molar-refractivity contribution in [3.63, 3.8) is 0 Å². The Balaban J connectivity index is 2.22. The average molecular weight is 281 g/mol. The monoisotopic (exact) mass is 280 g/mol. The van der Waals surface area contributed by atoms with E-state index in [2.05, 4.69) is 10.3 Å². The fourth-order valence-electron chi connectivity index (χ4n) is 1.45. The summed E-state index contributed by atoms with van der Waals surface area (Å²) < 4.78 is 0. The predicted molar refractivity (Wildman–Crippen MR) is 73.4 cm³/mol. The van der Waals surface area contributed by atoms with Crippen LogP contribution in [0.3, 0.4) is 0 Å². The van der Waals surface area contributed by atoms with Crippen molar-refractivity contribution >= 4 is 34.8 Å². The van der Waals surface area contributed by atoms with E-state index in [1.165, 1.54) is 6.07 Å². The molecule has 0 aliphatic heterocycles. The molecule has 1 N–H and O–H groups in total. The first-order valence-corrected chi connectivity index (χ1v) is 6.01. The van der Waals surface area contributed by atoms with E-state index in [-0.39, 0.29) is 5.91 Å². The van der Waals surface area contributed by atoms with Crippen LogP contribution in [0.4, 0.5) is 5.69 Å². The number of amides is 1. The molecule has 0 radical (unpaired) electrons. The Morgan fingerprint density at radius 3 is 2.67 bits per heavy atom. The predicted octanol–water partition coefficient (Wildman–Crippen LogP) is 3.95. The van der Waals surface area contributed by atoms with Crippen molar-refractivity contribution < 1.29 is 4.79 Å². The van der Waals surface area contributed by atoms with Gasteiger partial charge in [-0.25, -0.2) is 0 Å². The molecule has 2 aromatic rings. The summed E-state index contributed by atoms with van der Waals surface area (Å²) in [5.41, 5.74) is 1.88. The molecule has 2 rings (SSSR count). The topological polar surface area (TPSA) is 42.0 Å². The van der Waals surface area contributed by atoms with Crippen LogP contribution in [0.2, 0.25) is 10.0 Å². The van der Waals surface area contributed by atoms with Crippen LogP contribution in [0.15, 0.2) is 36.5 Å². The Bertz CT molecular complexity index is 599. The highest BCUT2D eigenvalue weighted by Crippen LogP contribution is 2.23. The maximum absolute atomic E-state index is 12.0. The lowest BCUT2D eigenvalue weighted by molar-refractivity contribution is 0.102. The number of aryl methyl sites for hydroxylation is 1. The molecule has 92 valence electrons. The third-order valence-corrected chi connectivity index (χ3v) is 3.18. The van der Waals surface area contributed by atoms with Gasteiger partial charge in [-0.3, -0.25) is 9.78 Å². The number of hydrogen-bond donors (Lipinski definition) is 1. The van der Waals surface area contributed by atoms with Gasteiger partial charge in [0.15, 0.2) is 0 Å². The van der Waals surface area contributed by atoms with E-state index in [0.717, 1.165) is 5.69 Å². The number of aromatic nitrogens is 1. The normalized spacial score (nSPS) is 10.2. The van der Waals surface area contributed by atoms with E-state index in [1.807, 2.05) is 6.92 Å². The van der Waals surface area contributed by atoms with E-state index in [9.17, 15) is 4.79 Å². The zero-order valence-corrected chi connectivity index (χ0v) is 11.1. The van der Waals surface area contributed by atoms with Crippen LogP contribution in [0.25, 0.3) is 0 Å². The number of pyridine rings is 1. The van der Waals surface area contributed by atoms with Crippen LogP contribution < -0.4 is 5.32 Å². The molecule has 3 nitrogen and oxygen atoms in total. The number of hydrogen-bond acceptors (Lipinski definition) is 2. The Kier molecular flexibility index (Phi) is 3.84. The van der Waals surface area contributed by atoms with E-state index in [1.54, 1.807) is 30.5 Å². The van der Waals surface area contributed by atoms with Gasteiger partial charge < -0.3 is 5.32 Å². The molecular weight excluding hydrogens is 271 g/mol. The Labute approximate surface area is 115 Å². The highest BCUT2D eigenvalue weighted by atomic mass is 35.5. The molecule has 1 heterocycles. The van der Waals surface area contributed by atoms with Crippen LogP contribution in [-0.2, 0) is 0 Å². The minimum Gasteiger partial charge on any atom is -0.320 e. The fourth-order valence-corrected chi connectivity index (χ4v) is 1.75. The van der Waals surface area contributed by atoms with Crippen LogP contribution in [0.5, 0.6) is 0 Å². The summed E-state index contributed by atoms with van der Waals surface area (Å²) in [4.78, 5) is 16.1. The molecule has 18 heavy (non-hydrogen) atoms. The summed E-state index contributed by atoms with van der Waals surface area (Å²) in [6.45, 7) is 1.82. The number of carbonyl (C=O) groups is 1. The first kappa shape index (κ1) is 12.9. The maximum Gasteiger partial charge on any atom is 0.255 e. The Hall–Kier alpha value is -1.58. The summed E-state index contributed by atoms with van der Waals surface area (Å²) in [5, 5.41) is 3.55. The van der Waals surface area contributed by atoms with Gasteiger partial charge >= 0.3 is 0 Å². The molecule has 0 bridgehead atoms. The van der Waals surface area contributed by atoms with Crippen LogP contribution in [0.1, 0.15) is 16.1 Å². The highest BCUT2D eigenvalue weighted by Gasteiger charge is 2.09. The fraction of sp³-hybridized carbons (Fsp3) is 0.0769. The van der Waals surface area contributed by atoms with Crippen LogP contribution in [0, 0.1) is 6.92 Å². The van der Waals surface area contributed by atoms with Crippen molar-refractivity contribution in [1.29, 1.82) is 0 Å². The minimum absolute atomic E-state index is 0.246. The Morgan fingerprint density at radius 2 is 2.00 bits per heavy atom. The molecule has 1 aromatic heterocycles. The van der Waals surface area contributed by atoms with Gasteiger partial charge in [-0.2, -0.15) is 0 Å². The zero-order valence-electron chi connectivity index (χ0n) is 9.58. The zero-order chi connectivity index (χ0) is 13.1. The van der Waals surface area contributed by atoms with Gasteiger partial charge in [-0.15, -0.1) is 0 Å².